The predicted molar refractivity (Wildman–Crippen MR) is 51.7 cm³/mol. The van der Waals surface area contributed by atoms with Gasteiger partial charge in [0, 0.05) is 5.56 Å². The molecule has 3 heteroatoms. The smallest absolute Gasteiger partial charge is 0.336 e. The molecule has 0 aliphatic carbocycles. The van der Waals surface area contributed by atoms with Gasteiger partial charge in [-0.05, 0) is 19.1 Å². The molecule has 0 aromatic heterocycles. The van der Waals surface area contributed by atoms with Crippen LogP contribution in [-0.2, 0) is 4.74 Å². The predicted octanol–water partition coefficient (Wildman–Crippen LogP) is 0.514. The molecule has 13 heavy (non-hydrogen) atoms. The number of benzene rings is 1. The Morgan fingerprint density at radius 1 is 1.46 bits per heavy atom. The van der Waals surface area contributed by atoms with E-state index in [1.54, 1.807) is 6.92 Å². The molecule has 0 aliphatic rings. The number of rotatable bonds is 1. The van der Waals surface area contributed by atoms with Crippen molar-refractivity contribution in [2.24, 2.45) is 0 Å². The zero-order valence-electron chi connectivity index (χ0n) is 7.79. The maximum atomic E-state index is 7.53. The summed E-state index contributed by atoms with van der Waals surface area (Å²) in [5.74, 6) is 0.371. The molecule has 3 nitrogen and oxygen atoms in total. The first kappa shape index (κ1) is 9.45. The van der Waals surface area contributed by atoms with E-state index in [0.29, 0.717) is 0 Å². The molecule has 1 aromatic carbocycles. The van der Waals surface area contributed by atoms with E-state index in [1.165, 1.54) is 0 Å². The Hall–Kier alpha value is -1.64. The largest absolute Gasteiger partial charge is 0.390 e. The fraction of sp³-hybridized carbons (Fsp3) is 0.200. The van der Waals surface area contributed by atoms with Crippen molar-refractivity contribution in [3.8, 4) is 0 Å². The molecule has 0 bridgehead atoms. The highest BCUT2D eigenvalue weighted by Gasteiger charge is 2.05. The van der Waals surface area contributed by atoms with Gasteiger partial charge in [-0.25, -0.2) is 5.41 Å². The number of ether oxygens (including phenoxy) is 1. The number of nitrogens with two attached hydrogens (primary N) is 1. The number of nitrogens with one attached hydrogen (secondary N) is 1. The van der Waals surface area contributed by atoms with Crippen LogP contribution in [0.4, 0.5) is 0 Å². The van der Waals surface area contributed by atoms with Gasteiger partial charge >= 0.3 is 5.90 Å². The number of hydrogen-bond donors (Lipinski definition) is 2. The zero-order chi connectivity index (χ0) is 9.84. The number of hydrogen-bond acceptors (Lipinski definition) is 2. The second-order valence-electron chi connectivity index (χ2n) is 2.91. The van der Waals surface area contributed by atoms with Gasteiger partial charge in [0.25, 0.3) is 0 Å². The second-order valence-corrected chi connectivity index (χ2v) is 2.91. The summed E-state index contributed by atoms with van der Waals surface area (Å²) in [5.41, 5.74) is 1.84. The van der Waals surface area contributed by atoms with Crippen LogP contribution >= 0.6 is 0 Å². The van der Waals surface area contributed by atoms with Crippen LogP contribution in [0.15, 0.2) is 24.3 Å². The van der Waals surface area contributed by atoms with E-state index in [-0.39, 0.29) is 11.8 Å². The van der Waals surface area contributed by atoms with Crippen LogP contribution in [0, 0.1) is 12.3 Å². The van der Waals surface area contributed by atoms with Crippen molar-refractivity contribution in [2.45, 2.75) is 13.8 Å². The topological polar surface area (TPSA) is 58.7 Å². The summed E-state index contributed by atoms with van der Waals surface area (Å²) in [6.45, 7) is 3.58. The van der Waals surface area contributed by atoms with Crippen LogP contribution < -0.4 is 5.41 Å². The maximum absolute atomic E-state index is 7.53. The van der Waals surface area contributed by atoms with Crippen LogP contribution in [0.2, 0.25) is 0 Å². The molecule has 0 saturated heterocycles. The zero-order valence-corrected chi connectivity index (χ0v) is 7.79. The highest BCUT2D eigenvalue weighted by Crippen LogP contribution is 2.05. The first-order chi connectivity index (χ1) is 6.09. The van der Waals surface area contributed by atoms with Gasteiger partial charge in [0.05, 0.1) is 6.92 Å². The SMILES string of the molecule is CC(=[NH2+])OC(=N)c1cccc(C)c1. The lowest BCUT2D eigenvalue weighted by atomic mass is 10.1. The van der Waals surface area contributed by atoms with E-state index in [1.807, 2.05) is 31.2 Å². The van der Waals surface area contributed by atoms with Crippen LogP contribution in [0.3, 0.4) is 0 Å². The Labute approximate surface area is 77.4 Å². The lowest BCUT2D eigenvalue weighted by Gasteiger charge is -2.02. The normalized spacial score (nSPS) is 9.38. The van der Waals surface area contributed by atoms with Crippen molar-refractivity contribution < 1.29 is 10.1 Å². The summed E-state index contributed by atoms with van der Waals surface area (Å²) in [6.07, 6.45) is 0. The standard InChI is InChI=1S/C10H12N2O/c1-7-4-3-5-9(6-7)10(12)13-8(2)11/h3-6,11-12H,1-2H3/p+1. The number of aryl methyl sites for hydroxylation is 1. The average Bonchev–Trinajstić information content (AvgIpc) is 2.03. The summed E-state index contributed by atoms with van der Waals surface area (Å²) < 4.78 is 4.97. The van der Waals surface area contributed by atoms with Crippen LogP contribution in [0.1, 0.15) is 18.1 Å². The van der Waals surface area contributed by atoms with E-state index in [9.17, 15) is 0 Å². The second kappa shape index (κ2) is 3.85. The minimum absolute atomic E-state index is 0.0868. The van der Waals surface area contributed by atoms with Crippen LogP contribution in [-0.4, -0.2) is 11.8 Å². The van der Waals surface area contributed by atoms with Gasteiger partial charge in [-0.3, -0.25) is 5.41 Å². The minimum Gasteiger partial charge on any atom is -0.390 e. The van der Waals surface area contributed by atoms with Gasteiger partial charge in [-0.15, -0.1) is 0 Å². The lowest BCUT2D eigenvalue weighted by molar-refractivity contribution is -0.133. The molecule has 0 spiro atoms. The first-order valence-electron chi connectivity index (χ1n) is 4.02. The van der Waals surface area contributed by atoms with Crippen molar-refractivity contribution in [1.29, 1.82) is 5.41 Å². The van der Waals surface area contributed by atoms with E-state index in [0.717, 1.165) is 11.1 Å². The van der Waals surface area contributed by atoms with Crippen LogP contribution in [0.5, 0.6) is 0 Å². The van der Waals surface area contributed by atoms with Gasteiger partial charge in [0.15, 0.2) is 0 Å². The van der Waals surface area contributed by atoms with Gasteiger partial charge in [-0.2, -0.15) is 0 Å². The fourth-order valence-electron chi connectivity index (χ4n) is 1.01. The van der Waals surface area contributed by atoms with E-state index >= 15 is 0 Å². The summed E-state index contributed by atoms with van der Waals surface area (Å²) >= 11 is 0. The molecule has 1 aromatic rings. The Bertz CT molecular complexity index is 345. The molecular formula is C10H13N2O+. The monoisotopic (exact) mass is 177 g/mol. The van der Waals surface area contributed by atoms with Crippen LogP contribution in [0.25, 0.3) is 0 Å². The van der Waals surface area contributed by atoms with Crippen molar-refractivity contribution in [2.75, 3.05) is 0 Å². The highest BCUT2D eigenvalue weighted by molar-refractivity contribution is 5.98. The maximum Gasteiger partial charge on any atom is 0.336 e. The highest BCUT2D eigenvalue weighted by atomic mass is 16.5. The lowest BCUT2D eigenvalue weighted by Crippen LogP contribution is -2.40. The Morgan fingerprint density at radius 2 is 2.15 bits per heavy atom. The Kier molecular flexibility index (Phi) is 2.80. The Balaban J connectivity index is 2.83. The summed E-state index contributed by atoms with van der Waals surface area (Å²) in [4.78, 5) is 0. The first-order valence-corrected chi connectivity index (χ1v) is 4.02. The molecule has 68 valence electrons. The van der Waals surface area contributed by atoms with Crippen molar-refractivity contribution in [3.63, 3.8) is 0 Å². The third-order valence-electron chi connectivity index (χ3n) is 1.54. The fourth-order valence-corrected chi connectivity index (χ4v) is 1.01. The molecule has 0 saturated carbocycles. The summed E-state index contributed by atoms with van der Waals surface area (Å²) in [6, 6.07) is 7.55. The average molecular weight is 177 g/mol. The molecule has 0 radical (unpaired) electrons. The summed E-state index contributed by atoms with van der Waals surface area (Å²) in [7, 11) is 0. The molecule has 0 atom stereocenters. The van der Waals surface area contributed by atoms with Gasteiger partial charge in [0.2, 0.25) is 5.90 Å². The molecule has 0 heterocycles. The van der Waals surface area contributed by atoms with Gasteiger partial charge in [0.1, 0.15) is 0 Å². The summed E-state index contributed by atoms with van der Waals surface area (Å²) in [5, 5.41) is 12.9. The Morgan fingerprint density at radius 3 is 2.69 bits per heavy atom. The molecule has 0 unspecified atom stereocenters. The van der Waals surface area contributed by atoms with E-state index in [2.05, 4.69) is 0 Å². The van der Waals surface area contributed by atoms with Crippen molar-refractivity contribution >= 4 is 11.8 Å². The van der Waals surface area contributed by atoms with Crippen molar-refractivity contribution in [1.82, 2.24) is 0 Å². The molecule has 3 N–H and O–H groups in total. The quantitative estimate of drug-likeness (QED) is 0.476. The molecule has 0 aliphatic heterocycles. The minimum atomic E-state index is 0.0868. The van der Waals surface area contributed by atoms with Gasteiger partial charge < -0.3 is 4.74 Å². The third kappa shape index (κ3) is 2.71. The molecule has 1 rings (SSSR count). The van der Waals surface area contributed by atoms with Gasteiger partial charge in [-0.1, -0.05) is 17.7 Å². The molecule has 0 fully saturated rings. The van der Waals surface area contributed by atoms with E-state index < -0.39 is 0 Å². The molecular weight excluding hydrogens is 164 g/mol. The third-order valence-corrected chi connectivity index (χ3v) is 1.54. The molecule has 0 amide bonds. The van der Waals surface area contributed by atoms with E-state index in [4.69, 9.17) is 15.6 Å². The van der Waals surface area contributed by atoms with Crippen molar-refractivity contribution in [3.05, 3.63) is 35.4 Å².